The van der Waals surface area contributed by atoms with Crippen molar-refractivity contribution in [1.29, 1.82) is 0 Å². The Morgan fingerprint density at radius 3 is 2.86 bits per heavy atom. The zero-order chi connectivity index (χ0) is 16.2. The Labute approximate surface area is 139 Å². The van der Waals surface area contributed by atoms with Crippen molar-refractivity contribution in [1.82, 2.24) is 5.32 Å². The molecule has 22 heavy (non-hydrogen) atoms. The van der Waals surface area contributed by atoms with Crippen LogP contribution < -0.4 is 9.62 Å². The minimum atomic E-state index is -3.55. The van der Waals surface area contributed by atoms with Crippen LogP contribution in [-0.4, -0.2) is 46.4 Å². The van der Waals surface area contributed by atoms with E-state index in [9.17, 15) is 13.2 Å². The van der Waals surface area contributed by atoms with Crippen LogP contribution in [0.4, 0.5) is 5.69 Å². The minimum absolute atomic E-state index is 0.0292. The summed E-state index contributed by atoms with van der Waals surface area (Å²) in [6, 6.07) is 6.83. The molecule has 0 saturated carbocycles. The topological polar surface area (TPSA) is 75.7 Å². The van der Waals surface area contributed by atoms with Crippen LogP contribution in [0.3, 0.4) is 0 Å². The van der Waals surface area contributed by atoms with E-state index >= 15 is 0 Å². The molecule has 1 saturated heterocycles. The first-order valence-electron chi connectivity index (χ1n) is 6.98. The first-order chi connectivity index (χ1) is 10.4. The molecule has 1 atom stereocenters. The molecule has 1 aromatic carbocycles. The maximum atomic E-state index is 12.0. The fourth-order valence-corrected chi connectivity index (χ4v) is 3.49. The maximum Gasteiger partial charge on any atom is 0.240 e. The van der Waals surface area contributed by atoms with Crippen molar-refractivity contribution >= 4 is 37.5 Å². The van der Waals surface area contributed by atoms with E-state index in [0.29, 0.717) is 18.8 Å². The molecule has 2 rings (SSSR count). The van der Waals surface area contributed by atoms with E-state index in [-0.39, 0.29) is 18.6 Å². The zero-order valence-electron chi connectivity index (χ0n) is 12.3. The Kier molecular flexibility index (Phi) is 5.82. The van der Waals surface area contributed by atoms with Crippen molar-refractivity contribution in [3.63, 3.8) is 0 Å². The number of hydrogen-bond donors (Lipinski definition) is 1. The zero-order valence-corrected chi connectivity index (χ0v) is 14.7. The molecule has 8 heteroatoms. The standard InChI is InChI=1S/C14H19BrN2O4S/c1-22(19,20)17(12-5-2-4-11(15)8-12)10-14(18)16-9-13-6-3-7-21-13/h2,4-5,8,13H,3,6-7,9-10H2,1H3,(H,16,18). The van der Waals surface area contributed by atoms with Gasteiger partial charge < -0.3 is 10.1 Å². The Hall–Kier alpha value is -1.12. The highest BCUT2D eigenvalue weighted by Gasteiger charge is 2.22. The van der Waals surface area contributed by atoms with E-state index in [1.165, 1.54) is 0 Å². The van der Waals surface area contributed by atoms with Crippen LogP contribution in [0.15, 0.2) is 28.7 Å². The van der Waals surface area contributed by atoms with E-state index < -0.39 is 10.0 Å². The third kappa shape index (κ3) is 4.96. The van der Waals surface area contributed by atoms with Crippen molar-refractivity contribution in [3.8, 4) is 0 Å². The van der Waals surface area contributed by atoms with Crippen LogP contribution in [0.2, 0.25) is 0 Å². The quantitative estimate of drug-likeness (QED) is 0.798. The largest absolute Gasteiger partial charge is 0.376 e. The average molecular weight is 391 g/mol. The van der Waals surface area contributed by atoms with Gasteiger partial charge in [0.05, 0.1) is 18.0 Å². The summed E-state index contributed by atoms with van der Waals surface area (Å²) < 4.78 is 31.1. The molecule has 0 radical (unpaired) electrons. The number of nitrogens with one attached hydrogen (secondary N) is 1. The molecule has 0 spiro atoms. The van der Waals surface area contributed by atoms with Crippen molar-refractivity contribution in [2.24, 2.45) is 0 Å². The SMILES string of the molecule is CS(=O)(=O)N(CC(=O)NCC1CCCO1)c1cccc(Br)c1. The number of sulfonamides is 1. The highest BCUT2D eigenvalue weighted by Crippen LogP contribution is 2.21. The monoisotopic (exact) mass is 390 g/mol. The number of rotatable bonds is 6. The molecule has 1 aliphatic heterocycles. The van der Waals surface area contributed by atoms with Crippen LogP contribution in [-0.2, 0) is 19.6 Å². The summed E-state index contributed by atoms with van der Waals surface area (Å²) in [5, 5.41) is 2.73. The number of ether oxygens (including phenoxy) is 1. The number of amides is 1. The van der Waals surface area contributed by atoms with E-state index in [1.54, 1.807) is 24.3 Å². The first-order valence-corrected chi connectivity index (χ1v) is 9.62. The predicted octanol–water partition coefficient (Wildman–Crippen LogP) is 1.51. The van der Waals surface area contributed by atoms with Crippen LogP contribution in [0.5, 0.6) is 0 Å². The average Bonchev–Trinajstić information content (AvgIpc) is 2.94. The van der Waals surface area contributed by atoms with Gasteiger partial charge in [-0.3, -0.25) is 9.10 Å². The third-order valence-electron chi connectivity index (χ3n) is 3.33. The molecule has 122 valence electrons. The van der Waals surface area contributed by atoms with E-state index in [2.05, 4.69) is 21.2 Å². The number of carbonyl (C=O) groups is 1. The smallest absolute Gasteiger partial charge is 0.240 e. The second-order valence-electron chi connectivity index (χ2n) is 5.19. The van der Waals surface area contributed by atoms with Gasteiger partial charge in [0, 0.05) is 17.6 Å². The van der Waals surface area contributed by atoms with Crippen LogP contribution in [0, 0.1) is 0 Å². The van der Waals surface area contributed by atoms with E-state index in [0.717, 1.165) is 27.9 Å². The molecular weight excluding hydrogens is 372 g/mol. The summed E-state index contributed by atoms with van der Waals surface area (Å²) in [5.41, 5.74) is 0.448. The molecule has 1 heterocycles. The van der Waals surface area contributed by atoms with Crippen molar-refractivity contribution in [3.05, 3.63) is 28.7 Å². The summed E-state index contributed by atoms with van der Waals surface area (Å²) in [6.45, 7) is 0.880. The lowest BCUT2D eigenvalue weighted by Gasteiger charge is -2.22. The first kappa shape index (κ1) is 17.2. The molecule has 0 bridgehead atoms. The van der Waals surface area contributed by atoms with Gasteiger partial charge in [-0.1, -0.05) is 22.0 Å². The van der Waals surface area contributed by atoms with E-state index in [1.807, 2.05) is 0 Å². The second kappa shape index (κ2) is 7.43. The molecule has 1 amide bonds. The predicted molar refractivity (Wildman–Crippen MR) is 88.3 cm³/mol. The summed E-state index contributed by atoms with van der Waals surface area (Å²) in [4.78, 5) is 12.0. The number of halogens is 1. The Balaban J connectivity index is 2.02. The van der Waals surface area contributed by atoms with Gasteiger partial charge in [0.15, 0.2) is 0 Å². The number of benzene rings is 1. The Morgan fingerprint density at radius 1 is 1.50 bits per heavy atom. The third-order valence-corrected chi connectivity index (χ3v) is 4.97. The lowest BCUT2D eigenvalue weighted by molar-refractivity contribution is -0.120. The van der Waals surface area contributed by atoms with Gasteiger partial charge in [0.2, 0.25) is 15.9 Å². The molecule has 1 aliphatic rings. The number of nitrogens with zero attached hydrogens (tertiary/aromatic N) is 1. The van der Waals surface area contributed by atoms with Crippen LogP contribution in [0.25, 0.3) is 0 Å². The number of anilines is 1. The van der Waals surface area contributed by atoms with Gasteiger partial charge in [-0.05, 0) is 31.0 Å². The van der Waals surface area contributed by atoms with Gasteiger partial charge in [-0.2, -0.15) is 0 Å². The number of hydrogen-bond acceptors (Lipinski definition) is 4. The maximum absolute atomic E-state index is 12.0. The summed E-state index contributed by atoms with van der Waals surface area (Å²) >= 11 is 3.30. The molecular formula is C14H19BrN2O4S. The van der Waals surface area contributed by atoms with E-state index in [4.69, 9.17) is 4.74 Å². The normalized spacial score (nSPS) is 18.2. The molecule has 1 fully saturated rings. The van der Waals surface area contributed by atoms with Gasteiger partial charge in [-0.25, -0.2) is 8.42 Å². The van der Waals surface area contributed by atoms with Crippen molar-refractivity contribution in [2.45, 2.75) is 18.9 Å². The molecule has 0 aromatic heterocycles. The lowest BCUT2D eigenvalue weighted by Crippen LogP contribution is -2.42. The second-order valence-corrected chi connectivity index (χ2v) is 8.01. The highest BCUT2D eigenvalue weighted by molar-refractivity contribution is 9.10. The summed E-state index contributed by atoms with van der Waals surface area (Å²) in [5.74, 6) is -0.346. The van der Waals surface area contributed by atoms with Crippen molar-refractivity contribution < 1.29 is 17.9 Å². The number of carbonyl (C=O) groups excluding carboxylic acids is 1. The Bertz CT molecular complexity index is 629. The summed E-state index contributed by atoms with van der Waals surface area (Å²) in [7, 11) is -3.55. The van der Waals surface area contributed by atoms with Gasteiger partial charge in [0.1, 0.15) is 6.54 Å². The molecule has 1 aromatic rings. The molecule has 1 unspecified atom stereocenters. The minimum Gasteiger partial charge on any atom is -0.376 e. The highest BCUT2D eigenvalue weighted by atomic mass is 79.9. The van der Waals surface area contributed by atoms with Crippen molar-refractivity contribution in [2.75, 3.05) is 30.3 Å². The Morgan fingerprint density at radius 2 is 2.27 bits per heavy atom. The van der Waals surface area contributed by atoms with Gasteiger partial charge in [0.25, 0.3) is 0 Å². The van der Waals surface area contributed by atoms with Crippen LogP contribution in [0.1, 0.15) is 12.8 Å². The lowest BCUT2D eigenvalue weighted by atomic mass is 10.2. The fourth-order valence-electron chi connectivity index (χ4n) is 2.25. The summed E-state index contributed by atoms with van der Waals surface area (Å²) in [6.07, 6.45) is 3.03. The molecule has 6 nitrogen and oxygen atoms in total. The van der Waals surface area contributed by atoms with Crippen LogP contribution >= 0.6 is 15.9 Å². The molecule has 0 aliphatic carbocycles. The van der Waals surface area contributed by atoms with Gasteiger partial charge in [-0.15, -0.1) is 0 Å². The fraction of sp³-hybridized carbons (Fsp3) is 0.500. The molecule has 1 N–H and O–H groups in total. The van der Waals surface area contributed by atoms with Gasteiger partial charge >= 0.3 is 0 Å².